The minimum absolute atomic E-state index is 0.314. The van der Waals surface area contributed by atoms with Crippen LogP contribution < -0.4 is 4.74 Å². The van der Waals surface area contributed by atoms with Gasteiger partial charge in [0.05, 0.1) is 0 Å². The molecule has 0 amide bonds. The molecule has 4 heteroatoms. The zero-order chi connectivity index (χ0) is 16.8. The standard InChI is InChI=1S/C21H22N2OS/c1-23-17-4-5-18(23)12-19(11-17)24-21-7-3-16(13-22-21)14-2-6-20-15(10-14)8-9-25-20/h2-3,6-10,13,17-19H,4-5,11-12H2,1H3/t17-,18+,19+. The lowest BCUT2D eigenvalue weighted by Crippen LogP contribution is -2.43. The minimum atomic E-state index is 0.314. The number of rotatable bonds is 3. The number of nitrogens with zero attached hydrogens (tertiary/aromatic N) is 2. The van der Waals surface area contributed by atoms with Gasteiger partial charge in [-0.1, -0.05) is 6.07 Å². The van der Waals surface area contributed by atoms with E-state index in [-0.39, 0.29) is 0 Å². The van der Waals surface area contributed by atoms with Crippen molar-refractivity contribution in [1.29, 1.82) is 0 Å². The van der Waals surface area contributed by atoms with Crippen molar-refractivity contribution in [3.05, 3.63) is 48.0 Å². The highest BCUT2D eigenvalue weighted by molar-refractivity contribution is 7.17. The molecule has 2 aliphatic heterocycles. The molecule has 3 atom stereocenters. The van der Waals surface area contributed by atoms with Crippen LogP contribution >= 0.6 is 11.3 Å². The molecule has 0 saturated carbocycles. The Hall–Kier alpha value is -1.91. The van der Waals surface area contributed by atoms with E-state index in [0.29, 0.717) is 18.2 Å². The van der Waals surface area contributed by atoms with Gasteiger partial charge >= 0.3 is 0 Å². The number of aromatic nitrogens is 1. The van der Waals surface area contributed by atoms with Crippen molar-refractivity contribution >= 4 is 21.4 Å². The van der Waals surface area contributed by atoms with Crippen LogP contribution in [0.3, 0.4) is 0 Å². The molecule has 0 unspecified atom stereocenters. The fourth-order valence-electron chi connectivity index (χ4n) is 4.40. The number of fused-ring (bicyclic) bond motifs is 3. The zero-order valence-corrected chi connectivity index (χ0v) is 15.2. The van der Waals surface area contributed by atoms with Crippen LogP contribution in [0.5, 0.6) is 5.88 Å². The van der Waals surface area contributed by atoms with E-state index < -0.39 is 0 Å². The Labute approximate surface area is 152 Å². The molecule has 2 fully saturated rings. The van der Waals surface area contributed by atoms with E-state index in [2.05, 4.69) is 52.6 Å². The normalized spacial score (nSPS) is 26.2. The number of benzene rings is 1. The first kappa shape index (κ1) is 15.4. The van der Waals surface area contributed by atoms with Crippen molar-refractivity contribution in [1.82, 2.24) is 9.88 Å². The molecule has 128 valence electrons. The van der Waals surface area contributed by atoms with Crippen molar-refractivity contribution < 1.29 is 4.74 Å². The van der Waals surface area contributed by atoms with Crippen LogP contribution in [-0.2, 0) is 0 Å². The maximum absolute atomic E-state index is 6.20. The Morgan fingerprint density at radius 2 is 1.84 bits per heavy atom. The summed E-state index contributed by atoms with van der Waals surface area (Å²) >= 11 is 1.78. The van der Waals surface area contributed by atoms with Gasteiger partial charge in [-0.2, -0.15) is 0 Å². The minimum Gasteiger partial charge on any atom is -0.474 e. The molecule has 0 N–H and O–H groups in total. The number of hydrogen-bond donors (Lipinski definition) is 0. The predicted octanol–water partition coefficient (Wildman–Crippen LogP) is 4.97. The molecule has 0 aliphatic carbocycles. The monoisotopic (exact) mass is 350 g/mol. The zero-order valence-electron chi connectivity index (χ0n) is 14.4. The summed E-state index contributed by atoms with van der Waals surface area (Å²) in [6.45, 7) is 0. The maximum Gasteiger partial charge on any atom is 0.213 e. The molecular weight excluding hydrogens is 328 g/mol. The largest absolute Gasteiger partial charge is 0.474 e. The van der Waals surface area contributed by atoms with Crippen molar-refractivity contribution in [3.8, 4) is 17.0 Å². The number of pyridine rings is 1. The summed E-state index contributed by atoms with van der Waals surface area (Å²) in [5.74, 6) is 0.759. The van der Waals surface area contributed by atoms with E-state index in [4.69, 9.17) is 4.74 Å². The van der Waals surface area contributed by atoms with Gasteiger partial charge in [0.2, 0.25) is 5.88 Å². The second-order valence-electron chi connectivity index (χ2n) is 7.32. The Kier molecular flexibility index (Phi) is 3.75. The van der Waals surface area contributed by atoms with Crippen LogP contribution in [-0.4, -0.2) is 35.1 Å². The highest BCUT2D eigenvalue weighted by Crippen LogP contribution is 2.36. The molecular formula is C21H22N2OS. The van der Waals surface area contributed by atoms with Crippen LogP contribution in [0, 0.1) is 0 Å². The van der Waals surface area contributed by atoms with Gasteiger partial charge in [0.1, 0.15) is 6.10 Å². The van der Waals surface area contributed by atoms with E-state index in [1.54, 1.807) is 11.3 Å². The van der Waals surface area contributed by atoms with E-state index in [1.165, 1.54) is 28.5 Å². The molecule has 5 rings (SSSR count). The Morgan fingerprint density at radius 3 is 2.60 bits per heavy atom. The van der Waals surface area contributed by atoms with Crippen LogP contribution in [0.15, 0.2) is 48.0 Å². The Bertz CT molecular complexity index is 874. The molecule has 3 nitrogen and oxygen atoms in total. The fraction of sp³-hybridized carbons (Fsp3) is 0.381. The average molecular weight is 350 g/mol. The number of hydrogen-bond acceptors (Lipinski definition) is 4. The maximum atomic E-state index is 6.20. The number of thiophene rings is 1. The lowest BCUT2D eigenvalue weighted by Gasteiger charge is -2.36. The summed E-state index contributed by atoms with van der Waals surface area (Å²) in [5, 5.41) is 3.43. The lowest BCUT2D eigenvalue weighted by molar-refractivity contribution is 0.0633. The molecule has 2 aliphatic rings. The first-order chi connectivity index (χ1) is 12.3. The molecule has 0 spiro atoms. The quantitative estimate of drug-likeness (QED) is 0.667. The van der Waals surface area contributed by atoms with Crippen molar-refractivity contribution in [2.24, 2.45) is 0 Å². The van der Waals surface area contributed by atoms with Crippen LogP contribution in [0.4, 0.5) is 0 Å². The second kappa shape index (κ2) is 6.11. The molecule has 25 heavy (non-hydrogen) atoms. The third-order valence-electron chi connectivity index (χ3n) is 5.86. The number of ether oxygens (including phenoxy) is 1. The summed E-state index contributed by atoms with van der Waals surface area (Å²) in [6, 6.07) is 14.3. The first-order valence-corrected chi connectivity index (χ1v) is 9.96. The predicted molar refractivity (Wildman–Crippen MR) is 103 cm³/mol. The van der Waals surface area contributed by atoms with Gasteiger partial charge in [0, 0.05) is 34.6 Å². The van der Waals surface area contributed by atoms with Crippen molar-refractivity contribution in [2.45, 2.75) is 43.9 Å². The van der Waals surface area contributed by atoms with Crippen molar-refractivity contribution in [2.75, 3.05) is 7.05 Å². The number of piperidine rings is 1. The van der Waals surface area contributed by atoms with Gasteiger partial charge in [-0.3, -0.25) is 0 Å². The summed E-state index contributed by atoms with van der Waals surface area (Å²) in [7, 11) is 2.26. The molecule has 3 aromatic rings. The van der Waals surface area contributed by atoms with E-state index in [9.17, 15) is 0 Å². The highest BCUT2D eigenvalue weighted by Gasteiger charge is 2.39. The lowest BCUT2D eigenvalue weighted by atomic mass is 10.0. The molecule has 1 aromatic carbocycles. The smallest absolute Gasteiger partial charge is 0.213 e. The van der Waals surface area contributed by atoms with Gasteiger partial charge in [0.25, 0.3) is 0 Å². The van der Waals surface area contributed by atoms with Gasteiger partial charge in [-0.05, 0) is 73.3 Å². The van der Waals surface area contributed by atoms with E-state index >= 15 is 0 Å². The van der Waals surface area contributed by atoms with E-state index in [0.717, 1.165) is 24.3 Å². The van der Waals surface area contributed by atoms with Gasteiger partial charge in [-0.15, -0.1) is 11.3 Å². The van der Waals surface area contributed by atoms with E-state index in [1.807, 2.05) is 12.3 Å². The highest BCUT2D eigenvalue weighted by atomic mass is 32.1. The van der Waals surface area contributed by atoms with Crippen molar-refractivity contribution in [3.63, 3.8) is 0 Å². The third-order valence-corrected chi connectivity index (χ3v) is 6.76. The molecule has 2 aromatic heterocycles. The van der Waals surface area contributed by atoms with Gasteiger partial charge in [-0.25, -0.2) is 4.98 Å². The molecule has 4 heterocycles. The second-order valence-corrected chi connectivity index (χ2v) is 8.27. The topological polar surface area (TPSA) is 25.4 Å². The average Bonchev–Trinajstić information content (AvgIpc) is 3.16. The van der Waals surface area contributed by atoms with Crippen LogP contribution in [0.25, 0.3) is 21.2 Å². The Balaban J connectivity index is 1.31. The Morgan fingerprint density at radius 1 is 1.04 bits per heavy atom. The van der Waals surface area contributed by atoms with Gasteiger partial charge in [0.15, 0.2) is 0 Å². The summed E-state index contributed by atoms with van der Waals surface area (Å²) < 4.78 is 7.52. The first-order valence-electron chi connectivity index (χ1n) is 9.08. The SMILES string of the molecule is CN1[C@@H]2CC[C@H]1C[C@@H](Oc1ccc(-c3ccc4sccc4c3)cn1)C2. The summed E-state index contributed by atoms with van der Waals surface area (Å²) in [6.07, 6.45) is 7.15. The molecule has 2 bridgehead atoms. The molecule has 0 radical (unpaired) electrons. The fourth-order valence-corrected chi connectivity index (χ4v) is 5.17. The van der Waals surface area contributed by atoms with Crippen LogP contribution in [0.1, 0.15) is 25.7 Å². The van der Waals surface area contributed by atoms with Crippen LogP contribution in [0.2, 0.25) is 0 Å². The summed E-state index contributed by atoms with van der Waals surface area (Å²) in [4.78, 5) is 7.11. The third kappa shape index (κ3) is 2.83. The summed E-state index contributed by atoms with van der Waals surface area (Å²) in [5.41, 5.74) is 2.35. The van der Waals surface area contributed by atoms with Gasteiger partial charge < -0.3 is 9.64 Å². The molecule has 2 saturated heterocycles.